The molecule has 0 fully saturated rings. The van der Waals surface area contributed by atoms with Gasteiger partial charge in [0.15, 0.2) is 0 Å². The van der Waals surface area contributed by atoms with Crippen LogP contribution in [0, 0.1) is 0 Å². The second kappa shape index (κ2) is 10.1. The fraction of sp³-hybridized carbons (Fsp3) is 0.435. The third kappa shape index (κ3) is 6.40. The summed E-state index contributed by atoms with van der Waals surface area (Å²) >= 11 is 0. The van der Waals surface area contributed by atoms with Gasteiger partial charge in [-0.05, 0) is 43.4 Å². The van der Waals surface area contributed by atoms with Crippen LogP contribution in [0.15, 0.2) is 54.6 Å². The van der Waals surface area contributed by atoms with Gasteiger partial charge >= 0.3 is 0 Å². The molecule has 0 aliphatic rings. The van der Waals surface area contributed by atoms with Crippen molar-refractivity contribution >= 4 is 5.91 Å². The molecule has 0 saturated heterocycles. The highest BCUT2D eigenvalue weighted by atomic mass is 16.5. The van der Waals surface area contributed by atoms with Gasteiger partial charge < -0.3 is 14.8 Å². The van der Waals surface area contributed by atoms with Crippen molar-refractivity contribution in [3.63, 3.8) is 0 Å². The van der Waals surface area contributed by atoms with Crippen molar-refractivity contribution in [1.29, 1.82) is 0 Å². The Bertz CT molecular complexity index is 713. The zero-order chi connectivity index (χ0) is 19.7. The van der Waals surface area contributed by atoms with E-state index in [1.165, 1.54) is 5.56 Å². The molecule has 0 aliphatic carbocycles. The first-order valence-electron chi connectivity index (χ1n) is 9.60. The first-order chi connectivity index (χ1) is 12.9. The lowest BCUT2D eigenvalue weighted by Gasteiger charge is -2.29. The number of para-hydroxylation sites is 1. The van der Waals surface area contributed by atoms with Crippen molar-refractivity contribution < 1.29 is 14.3 Å². The van der Waals surface area contributed by atoms with Crippen LogP contribution in [0.2, 0.25) is 0 Å². The normalized spacial score (nSPS) is 12.4. The molecular formula is C23H31NO3. The van der Waals surface area contributed by atoms with Crippen LogP contribution >= 0.6 is 0 Å². The first kappa shape index (κ1) is 21.0. The number of hydrogen-bond donors (Lipinski definition) is 1. The van der Waals surface area contributed by atoms with Crippen LogP contribution in [0.4, 0.5) is 0 Å². The zero-order valence-corrected chi connectivity index (χ0v) is 16.8. The first-order valence-corrected chi connectivity index (χ1v) is 9.60. The molecule has 1 amide bonds. The van der Waals surface area contributed by atoms with E-state index in [4.69, 9.17) is 9.47 Å². The third-order valence-corrected chi connectivity index (χ3v) is 4.57. The molecule has 0 bridgehead atoms. The molecule has 2 rings (SSSR count). The van der Waals surface area contributed by atoms with Crippen LogP contribution in [0.1, 0.15) is 50.0 Å². The van der Waals surface area contributed by atoms with Gasteiger partial charge in [0.2, 0.25) is 0 Å². The van der Waals surface area contributed by atoms with Gasteiger partial charge in [0.1, 0.15) is 12.4 Å². The SMILES string of the molecule is CCOCCOc1ccccc1C(=O)NC(C)CC(C)(C)c1ccccc1. The smallest absolute Gasteiger partial charge is 0.255 e. The van der Waals surface area contributed by atoms with E-state index < -0.39 is 0 Å². The molecule has 146 valence electrons. The molecule has 0 aliphatic heterocycles. The summed E-state index contributed by atoms with van der Waals surface area (Å²) in [7, 11) is 0. The predicted molar refractivity (Wildman–Crippen MR) is 109 cm³/mol. The van der Waals surface area contributed by atoms with Crippen molar-refractivity contribution in [2.75, 3.05) is 19.8 Å². The monoisotopic (exact) mass is 369 g/mol. The van der Waals surface area contributed by atoms with Crippen molar-refractivity contribution in [3.8, 4) is 5.75 Å². The van der Waals surface area contributed by atoms with Crippen LogP contribution in [-0.2, 0) is 10.2 Å². The van der Waals surface area contributed by atoms with Crippen LogP contribution in [-0.4, -0.2) is 31.8 Å². The Morgan fingerprint density at radius 3 is 2.41 bits per heavy atom. The lowest BCUT2D eigenvalue weighted by molar-refractivity contribution is 0.0918. The van der Waals surface area contributed by atoms with Crippen LogP contribution in [0.25, 0.3) is 0 Å². The standard InChI is InChI=1S/C23H31NO3/c1-5-26-15-16-27-21-14-10-9-13-20(21)22(25)24-18(2)17-23(3,4)19-11-7-6-8-12-19/h6-14,18H,5,15-17H2,1-4H3,(H,24,25). The molecule has 1 unspecified atom stereocenters. The number of amides is 1. The number of carbonyl (C=O) groups is 1. The Labute approximate surface area is 162 Å². The lowest BCUT2D eigenvalue weighted by atomic mass is 9.79. The summed E-state index contributed by atoms with van der Waals surface area (Å²) in [6.45, 7) is 9.98. The van der Waals surface area contributed by atoms with Crippen molar-refractivity contribution in [3.05, 3.63) is 65.7 Å². The van der Waals surface area contributed by atoms with E-state index >= 15 is 0 Å². The molecule has 2 aromatic carbocycles. The lowest BCUT2D eigenvalue weighted by Crippen LogP contribution is -2.37. The predicted octanol–water partition coefficient (Wildman–Crippen LogP) is 4.59. The van der Waals surface area contributed by atoms with Crippen LogP contribution in [0.3, 0.4) is 0 Å². The molecule has 1 atom stereocenters. The third-order valence-electron chi connectivity index (χ3n) is 4.57. The molecular weight excluding hydrogens is 338 g/mol. The topological polar surface area (TPSA) is 47.6 Å². The summed E-state index contributed by atoms with van der Waals surface area (Å²) in [4.78, 5) is 12.8. The minimum Gasteiger partial charge on any atom is -0.490 e. The Kier molecular flexibility index (Phi) is 7.86. The van der Waals surface area contributed by atoms with E-state index in [9.17, 15) is 4.79 Å². The van der Waals surface area contributed by atoms with Gasteiger partial charge in [-0.15, -0.1) is 0 Å². The summed E-state index contributed by atoms with van der Waals surface area (Å²) in [6, 6.07) is 17.8. The summed E-state index contributed by atoms with van der Waals surface area (Å²) < 4.78 is 11.0. The molecule has 1 N–H and O–H groups in total. The summed E-state index contributed by atoms with van der Waals surface area (Å²) in [5.74, 6) is 0.475. The Morgan fingerprint density at radius 1 is 1.04 bits per heavy atom. The highest BCUT2D eigenvalue weighted by molar-refractivity contribution is 5.97. The van der Waals surface area contributed by atoms with Gasteiger partial charge in [-0.2, -0.15) is 0 Å². The summed E-state index contributed by atoms with van der Waals surface area (Å²) in [6.07, 6.45) is 0.843. The second-order valence-electron chi connectivity index (χ2n) is 7.37. The number of rotatable bonds is 10. The van der Waals surface area contributed by atoms with E-state index in [1.807, 2.05) is 38.1 Å². The molecule has 0 radical (unpaired) electrons. The molecule has 0 spiro atoms. The van der Waals surface area contributed by atoms with Crippen molar-refractivity contribution in [2.24, 2.45) is 0 Å². The summed E-state index contributed by atoms with van der Waals surface area (Å²) in [5.41, 5.74) is 1.80. The number of nitrogens with one attached hydrogen (secondary N) is 1. The van der Waals surface area contributed by atoms with E-state index in [2.05, 4.69) is 43.4 Å². The second-order valence-corrected chi connectivity index (χ2v) is 7.37. The fourth-order valence-electron chi connectivity index (χ4n) is 3.26. The van der Waals surface area contributed by atoms with Gasteiger partial charge in [0.05, 0.1) is 12.2 Å². The van der Waals surface area contributed by atoms with E-state index in [0.29, 0.717) is 31.1 Å². The maximum atomic E-state index is 12.8. The highest BCUT2D eigenvalue weighted by Crippen LogP contribution is 2.28. The van der Waals surface area contributed by atoms with Crippen LogP contribution < -0.4 is 10.1 Å². The van der Waals surface area contributed by atoms with Gasteiger partial charge in [0.25, 0.3) is 5.91 Å². The van der Waals surface area contributed by atoms with Crippen LogP contribution in [0.5, 0.6) is 5.75 Å². The molecule has 4 heteroatoms. The molecule has 0 aromatic heterocycles. The maximum Gasteiger partial charge on any atom is 0.255 e. The largest absolute Gasteiger partial charge is 0.490 e. The quantitative estimate of drug-likeness (QED) is 0.623. The minimum atomic E-state index is -0.113. The van der Waals surface area contributed by atoms with Crippen molar-refractivity contribution in [2.45, 2.75) is 45.6 Å². The van der Waals surface area contributed by atoms with Crippen molar-refractivity contribution in [1.82, 2.24) is 5.32 Å². The number of benzene rings is 2. The van der Waals surface area contributed by atoms with E-state index in [1.54, 1.807) is 6.07 Å². The van der Waals surface area contributed by atoms with E-state index in [-0.39, 0.29) is 17.4 Å². The minimum absolute atomic E-state index is 0.0263. The average molecular weight is 370 g/mol. The number of hydrogen-bond acceptors (Lipinski definition) is 3. The molecule has 27 heavy (non-hydrogen) atoms. The Balaban J connectivity index is 1.98. The van der Waals surface area contributed by atoms with Gasteiger partial charge in [-0.25, -0.2) is 0 Å². The average Bonchev–Trinajstić information content (AvgIpc) is 2.65. The number of carbonyl (C=O) groups excluding carboxylic acids is 1. The highest BCUT2D eigenvalue weighted by Gasteiger charge is 2.24. The van der Waals surface area contributed by atoms with Gasteiger partial charge in [-0.1, -0.05) is 56.3 Å². The van der Waals surface area contributed by atoms with E-state index in [0.717, 1.165) is 6.42 Å². The summed E-state index contributed by atoms with van der Waals surface area (Å²) in [5, 5.41) is 3.11. The Morgan fingerprint density at radius 2 is 1.70 bits per heavy atom. The molecule has 2 aromatic rings. The fourth-order valence-corrected chi connectivity index (χ4v) is 3.26. The van der Waals surface area contributed by atoms with Gasteiger partial charge in [0, 0.05) is 12.6 Å². The molecule has 0 saturated carbocycles. The Hall–Kier alpha value is -2.33. The molecule has 0 heterocycles. The van der Waals surface area contributed by atoms with Gasteiger partial charge in [-0.3, -0.25) is 4.79 Å². The zero-order valence-electron chi connectivity index (χ0n) is 16.8. The maximum absolute atomic E-state index is 12.8. The molecule has 4 nitrogen and oxygen atoms in total. The number of ether oxygens (including phenoxy) is 2.